The Morgan fingerprint density at radius 1 is 0.952 bits per heavy atom. The standard InChI is InChI=1S/C15H13NO3S.Na/c17-20(18,19)15-10-8-14(9-11-15)16-12-4-7-13-5-2-1-3-6-13;/h1-12H,(H,17,18,19);/q;+1/p-1. The van der Waals surface area contributed by atoms with Gasteiger partial charge in [0.1, 0.15) is 10.1 Å². The van der Waals surface area contributed by atoms with E-state index < -0.39 is 10.1 Å². The van der Waals surface area contributed by atoms with Crippen LogP contribution in [0.2, 0.25) is 0 Å². The fourth-order valence-electron chi connectivity index (χ4n) is 1.55. The molecule has 21 heavy (non-hydrogen) atoms. The Morgan fingerprint density at radius 3 is 2.14 bits per heavy atom. The fraction of sp³-hybridized carbons (Fsp3) is 0. The Labute approximate surface area is 146 Å². The van der Waals surface area contributed by atoms with E-state index in [2.05, 4.69) is 4.99 Å². The quantitative estimate of drug-likeness (QED) is 0.454. The van der Waals surface area contributed by atoms with E-state index in [1.807, 2.05) is 36.4 Å². The first-order valence-electron chi connectivity index (χ1n) is 5.87. The van der Waals surface area contributed by atoms with Crippen LogP contribution < -0.4 is 29.6 Å². The normalized spacial score (nSPS) is 11.7. The van der Waals surface area contributed by atoms with Gasteiger partial charge in [0, 0.05) is 6.21 Å². The fourth-order valence-corrected chi connectivity index (χ4v) is 2.02. The molecule has 0 atom stereocenters. The number of nitrogens with zero attached hydrogens (tertiary/aromatic N) is 1. The number of rotatable bonds is 4. The maximum absolute atomic E-state index is 10.8. The number of benzene rings is 2. The van der Waals surface area contributed by atoms with Gasteiger partial charge in [0.15, 0.2) is 0 Å². The van der Waals surface area contributed by atoms with E-state index in [1.54, 1.807) is 12.3 Å². The minimum Gasteiger partial charge on any atom is -0.744 e. The molecule has 0 radical (unpaired) electrons. The van der Waals surface area contributed by atoms with Crippen molar-refractivity contribution < 1.29 is 42.5 Å². The summed E-state index contributed by atoms with van der Waals surface area (Å²) in [5, 5.41) is 0. The second kappa shape index (κ2) is 8.26. The molecule has 0 bridgehead atoms. The van der Waals surface area contributed by atoms with E-state index in [0.29, 0.717) is 5.69 Å². The predicted octanol–water partition coefficient (Wildman–Crippen LogP) is 0.0104. The summed E-state index contributed by atoms with van der Waals surface area (Å²) in [6, 6.07) is 15.2. The van der Waals surface area contributed by atoms with Crippen LogP contribution in [0.25, 0.3) is 6.08 Å². The summed E-state index contributed by atoms with van der Waals surface area (Å²) in [5.74, 6) is 0. The van der Waals surface area contributed by atoms with Crippen LogP contribution in [0.3, 0.4) is 0 Å². The number of hydrogen-bond acceptors (Lipinski definition) is 4. The molecule has 0 aromatic heterocycles. The van der Waals surface area contributed by atoms with Gasteiger partial charge >= 0.3 is 29.6 Å². The molecule has 0 aliphatic heterocycles. The summed E-state index contributed by atoms with van der Waals surface area (Å²) >= 11 is 0. The van der Waals surface area contributed by atoms with E-state index in [-0.39, 0.29) is 34.5 Å². The van der Waals surface area contributed by atoms with Crippen molar-refractivity contribution in [2.45, 2.75) is 4.90 Å². The van der Waals surface area contributed by atoms with E-state index in [1.165, 1.54) is 24.3 Å². The van der Waals surface area contributed by atoms with Crippen molar-refractivity contribution in [2.24, 2.45) is 4.99 Å². The molecule has 0 heterocycles. The Balaban J connectivity index is 0.00000220. The van der Waals surface area contributed by atoms with Crippen molar-refractivity contribution in [1.82, 2.24) is 0 Å². The largest absolute Gasteiger partial charge is 1.00 e. The van der Waals surface area contributed by atoms with Crippen LogP contribution >= 0.6 is 0 Å². The third kappa shape index (κ3) is 5.95. The molecule has 2 aromatic carbocycles. The molecule has 0 amide bonds. The summed E-state index contributed by atoms with van der Waals surface area (Å²) in [4.78, 5) is 3.88. The monoisotopic (exact) mass is 309 g/mol. The molecular weight excluding hydrogens is 297 g/mol. The van der Waals surface area contributed by atoms with Gasteiger partial charge in [-0.3, -0.25) is 4.99 Å². The molecule has 0 N–H and O–H groups in total. The van der Waals surface area contributed by atoms with Crippen LogP contribution in [0.4, 0.5) is 5.69 Å². The first-order valence-corrected chi connectivity index (χ1v) is 7.28. The predicted molar refractivity (Wildman–Crippen MR) is 78.0 cm³/mol. The van der Waals surface area contributed by atoms with Crippen LogP contribution in [-0.2, 0) is 10.1 Å². The molecule has 0 saturated carbocycles. The van der Waals surface area contributed by atoms with Gasteiger partial charge in [0.05, 0.1) is 10.6 Å². The minimum atomic E-state index is -4.40. The second-order valence-electron chi connectivity index (χ2n) is 4.00. The van der Waals surface area contributed by atoms with Gasteiger partial charge in [-0.1, -0.05) is 36.4 Å². The van der Waals surface area contributed by atoms with Crippen molar-refractivity contribution >= 4 is 28.1 Å². The number of allylic oxidation sites excluding steroid dienone is 1. The third-order valence-electron chi connectivity index (χ3n) is 2.52. The van der Waals surface area contributed by atoms with Crippen molar-refractivity contribution in [3.8, 4) is 0 Å². The zero-order valence-corrected chi connectivity index (χ0v) is 14.3. The topological polar surface area (TPSA) is 69.6 Å². The summed E-state index contributed by atoms with van der Waals surface area (Å²) in [5.41, 5.74) is 1.64. The first kappa shape index (κ1) is 17.8. The van der Waals surface area contributed by atoms with Gasteiger partial charge in [-0.25, -0.2) is 8.42 Å². The van der Waals surface area contributed by atoms with Crippen molar-refractivity contribution in [3.05, 3.63) is 66.2 Å². The van der Waals surface area contributed by atoms with Gasteiger partial charge in [-0.15, -0.1) is 0 Å². The molecule has 2 rings (SSSR count). The van der Waals surface area contributed by atoms with Gasteiger partial charge in [0.25, 0.3) is 0 Å². The maximum Gasteiger partial charge on any atom is 1.00 e. The molecule has 102 valence electrons. The Morgan fingerprint density at radius 2 is 1.57 bits per heavy atom. The van der Waals surface area contributed by atoms with Gasteiger partial charge in [0.2, 0.25) is 0 Å². The van der Waals surface area contributed by atoms with Crippen molar-refractivity contribution in [1.29, 1.82) is 0 Å². The second-order valence-corrected chi connectivity index (χ2v) is 5.38. The molecular formula is C15H12NNaO3S. The molecule has 0 spiro atoms. The average Bonchev–Trinajstić information content (AvgIpc) is 2.44. The number of hydrogen-bond donors (Lipinski definition) is 0. The van der Waals surface area contributed by atoms with E-state index in [0.717, 1.165) is 5.56 Å². The molecule has 0 fully saturated rings. The zero-order chi connectivity index (χ0) is 14.4. The third-order valence-corrected chi connectivity index (χ3v) is 3.37. The zero-order valence-electron chi connectivity index (χ0n) is 11.5. The Bertz CT molecular complexity index is 723. The summed E-state index contributed by atoms with van der Waals surface area (Å²) in [6.07, 6.45) is 5.29. The summed E-state index contributed by atoms with van der Waals surface area (Å²) in [6.45, 7) is 0. The van der Waals surface area contributed by atoms with Gasteiger partial charge < -0.3 is 4.55 Å². The molecule has 4 nitrogen and oxygen atoms in total. The van der Waals surface area contributed by atoms with Crippen molar-refractivity contribution in [2.75, 3.05) is 0 Å². The number of aliphatic imine (C=N–C) groups is 1. The molecule has 0 unspecified atom stereocenters. The van der Waals surface area contributed by atoms with Crippen LogP contribution in [0.5, 0.6) is 0 Å². The average molecular weight is 309 g/mol. The van der Waals surface area contributed by atoms with E-state index in [9.17, 15) is 13.0 Å². The first-order chi connectivity index (χ1) is 9.55. The van der Waals surface area contributed by atoms with Gasteiger partial charge in [-0.05, 0) is 35.9 Å². The van der Waals surface area contributed by atoms with Crippen LogP contribution in [-0.4, -0.2) is 19.2 Å². The van der Waals surface area contributed by atoms with Gasteiger partial charge in [-0.2, -0.15) is 0 Å². The maximum atomic E-state index is 10.8. The molecule has 2 aromatic rings. The Kier molecular flexibility index (Phi) is 7.01. The molecule has 0 aliphatic rings. The van der Waals surface area contributed by atoms with Crippen LogP contribution in [0.15, 0.2) is 70.6 Å². The summed E-state index contributed by atoms with van der Waals surface area (Å²) in [7, 11) is -4.40. The molecule has 0 saturated heterocycles. The minimum absolute atomic E-state index is 0. The summed E-state index contributed by atoms with van der Waals surface area (Å²) < 4.78 is 32.3. The van der Waals surface area contributed by atoms with E-state index >= 15 is 0 Å². The van der Waals surface area contributed by atoms with E-state index in [4.69, 9.17) is 0 Å². The van der Waals surface area contributed by atoms with Crippen molar-refractivity contribution in [3.63, 3.8) is 0 Å². The van der Waals surface area contributed by atoms with Crippen LogP contribution in [0, 0.1) is 0 Å². The Hall–Kier alpha value is -1.24. The molecule has 0 aliphatic carbocycles. The van der Waals surface area contributed by atoms with Crippen LogP contribution in [0.1, 0.15) is 5.56 Å². The smallest absolute Gasteiger partial charge is 0.744 e. The molecule has 6 heteroatoms. The SMILES string of the molecule is O=S(=O)([O-])c1ccc(N=CC=Cc2ccccc2)cc1.[Na+].